The van der Waals surface area contributed by atoms with Gasteiger partial charge in [0.05, 0.1) is 22.1 Å². The zero-order chi connectivity index (χ0) is 16.2. The van der Waals surface area contributed by atoms with E-state index < -0.39 is 0 Å². The van der Waals surface area contributed by atoms with E-state index in [-0.39, 0.29) is 11.7 Å². The summed E-state index contributed by atoms with van der Waals surface area (Å²) in [6.45, 7) is 0. The molecule has 0 spiro atoms. The number of halogens is 2. The van der Waals surface area contributed by atoms with E-state index in [1.807, 2.05) is 0 Å². The first-order chi connectivity index (χ1) is 11.1. The summed E-state index contributed by atoms with van der Waals surface area (Å²) < 4.78 is 5.21. The van der Waals surface area contributed by atoms with Crippen molar-refractivity contribution in [3.63, 3.8) is 0 Å². The molecule has 0 bridgehead atoms. The van der Waals surface area contributed by atoms with Crippen molar-refractivity contribution in [1.29, 1.82) is 0 Å². The standard InChI is InChI=1S/C14H10Cl2N4O2S/c15-9-4-3-8(6-10(9)16)17-12(21)7-23-14-18-13(19-20-14)11-2-1-5-22-11/h1-6H,7H2,(H,17,21)(H,18,19,20). The first-order valence-corrected chi connectivity index (χ1v) is 8.20. The number of thioether (sulfide) groups is 1. The minimum absolute atomic E-state index is 0.162. The molecule has 0 aliphatic heterocycles. The van der Waals surface area contributed by atoms with Crippen molar-refractivity contribution in [2.24, 2.45) is 0 Å². The van der Waals surface area contributed by atoms with Crippen molar-refractivity contribution in [2.75, 3.05) is 11.1 Å². The molecule has 0 aliphatic rings. The summed E-state index contributed by atoms with van der Waals surface area (Å²) in [5, 5.41) is 10.8. The third kappa shape index (κ3) is 4.07. The van der Waals surface area contributed by atoms with Crippen molar-refractivity contribution in [2.45, 2.75) is 5.16 Å². The molecule has 0 saturated carbocycles. The van der Waals surface area contributed by atoms with E-state index in [0.29, 0.717) is 32.5 Å². The fourth-order valence-corrected chi connectivity index (χ4v) is 2.63. The van der Waals surface area contributed by atoms with Crippen LogP contribution in [-0.2, 0) is 4.79 Å². The number of nitrogens with one attached hydrogen (secondary N) is 2. The van der Waals surface area contributed by atoms with Crippen LogP contribution in [-0.4, -0.2) is 26.8 Å². The number of aromatic amines is 1. The topological polar surface area (TPSA) is 83.8 Å². The number of benzene rings is 1. The average molecular weight is 369 g/mol. The molecule has 0 unspecified atom stereocenters. The molecule has 3 aromatic rings. The summed E-state index contributed by atoms with van der Waals surface area (Å²) in [7, 11) is 0. The predicted octanol–water partition coefficient (Wildman–Crippen LogP) is 4.10. The van der Waals surface area contributed by atoms with Crippen LogP contribution < -0.4 is 5.32 Å². The number of H-pyrrole nitrogens is 1. The highest BCUT2D eigenvalue weighted by molar-refractivity contribution is 7.99. The largest absolute Gasteiger partial charge is 0.461 e. The lowest BCUT2D eigenvalue weighted by atomic mass is 10.3. The third-order valence-corrected chi connectivity index (χ3v) is 4.34. The fraction of sp³-hybridized carbons (Fsp3) is 0.0714. The molecule has 118 valence electrons. The number of amides is 1. The van der Waals surface area contributed by atoms with Gasteiger partial charge in [-0.05, 0) is 30.3 Å². The van der Waals surface area contributed by atoms with Gasteiger partial charge in [0.2, 0.25) is 11.1 Å². The molecule has 1 amide bonds. The van der Waals surface area contributed by atoms with Crippen LogP contribution in [0.5, 0.6) is 0 Å². The Labute approximate surface area is 145 Å². The number of furan rings is 1. The van der Waals surface area contributed by atoms with Crippen LogP contribution in [0.25, 0.3) is 11.6 Å². The Morgan fingerprint density at radius 2 is 2.17 bits per heavy atom. The highest BCUT2D eigenvalue weighted by Gasteiger charge is 2.11. The molecule has 0 atom stereocenters. The molecule has 6 nitrogen and oxygen atoms in total. The fourth-order valence-electron chi connectivity index (χ4n) is 1.74. The lowest BCUT2D eigenvalue weighted by Gasteiger charge is -2.05. The van der Waals surface area contributed by atoms with Gasteiger partial charge in [0.25, 0.3) is 0 Å². The van der Waals surface area contributed by atoms with Gasteiger partial charge in [-0.25, -0.2) is 0 Å². The number of aromatic nitrogens is 3. The highest BCUT2D eigenvalue weighted by Crippen LogP contribution is 2.25. The van der Waals surface area contributed by atoms with Crippen LogP contribution in [0.3, 0.4) is 0 Å². The number of anilines is 1. The minimum atomic E-state index is -0.197. The molecular formula is C14H10Cl2N4O2S. The average Bonchev–Trinajstić information content (AvgIpc) is 3.19. The predicted molar refractivity (Wildman–Crippen MR) is 89.9 cm³/mol. The van der Waals surface area contributed by atoms with E-state index in [2.05, 4.69) is 20.5 Å². The maximum Gasteiger partial charge on any atom is 0.234 e. The molecule has 3 rings (SSSR count). The molecule has 23 heavy (non-hydrogen) atoms. The molecule has 2 aromatic heterocycles. The normalized spacial score (nSPS) is 10.7. The van der Waals surface area contributed by atoms with E-state index in [0.717, 1.165) is 0 Å². The van der Waals surface area contributed by atoms with Crippen LogP contribution in [0.15, 0.2) is 46.2 Å². The molecule has 1 aromatic carbocycles. The van der Waals surface area contributed by atoms with Crippen molar-refractivity contribution in [1.82, 2.24) is 15.2 Å². The number of rotatable bonds is 5. The summed E-state index contributed by atoms with van der Waals surface area (Å²) in [5.41, 5.74) is 0.580. The number of hydrogen-bond acceptors (Lipinski definition) is 5. The third-order valence-electron chi connectivity index (χ3n) is 2.76. The summed E-state index contributed by atoms with van der Waals surface area (Å²) in [6.07, 6.45) is 1.55. The molecule has 0 radical (unpaired) electrons. The van der Waals surface area contributed by atoms with E-state index in [1.165, 1.54) is 11.8 Å². The Balaban J connectivity index is 1.55. The number of carbonyl (C=O) groups is 1. The second kappa shape index (κ2) is 7.08. The van der Waals surface area contributed by atoms with Gasteiger partial charge in [-0.1, -0.05) is 35.0 Å². The van der Waals surface area contributed by atoms with Crippen molar-refractivity contribution < 1.29 is 9.21 Å². The van der Waals surface area contributed by atoms with Crippen molar-refractivity contribution in [3.05, 3.63) is 46.6 Å². The van der Waals surface area contributed by atoms with Gasteiger partial charge in [-0.15, -0.1) is 5.10 Å². The van der Waals surface area contributed by atoms with Crippen molar-refractivity contribution >= 4 is 46.6 Å². The monoisotopic (exact) mass is 368 g/mol. The van der Waals surface area contributed by atoms with Gasteiger partial charge < -0.3 is 9.73 Å². The van der Waals surface area contributed by atoms with Gasteiger partial charge in [0.1, 0.15) is 0 Å². The van der Waals surface area contributed by atoms with Crippen LogP contribution >= 0.6 is 35.0 Å². The molecule has 2 heterocycles. The number of carbonyl (C=O) groups excluding carboxylic acids is 1. The Hall–Kier alpha value is -1.96. The number of nitrogens with zero attached hydrogens (tertiary/aromatic N) is 2. The summed E-state index contributed by atoms with van der Waals surface area (Å²) in [5.74, 6) is 1.07. The van der Waals surface area contributed by atoms with Gasteiger partial charge in [-0.2, -0.15) is 4.98 Å². The highest BCUT2D eigenvalue weighted by atomic mass is 35.5. The van der Waals surface area contributed by atoms with Crippen LogP contribution in [0, 0.1) is 0 Å². The number of hydrogen-bond donors (Lipinski definition) is 2. The van der Waals surface area contributed by atoms with Crippen LogP contribution in [0.1, 0.15) is 0 Å². The van der Waals surface area contributed by atoms with E-state index in [1.54, 1.807) is 36.6 Å². The first-order valence-electron chi connectivity index (χ1n) is 6.46. The maximum atomic E-state index is 11.9. The Kier molecular flexibility index (Phi) is 4.90. The molecule has 0 saturated heterocycles. The van der Waals surface area contributed by atoms with Crippen molar-refractivity contribution in [3.8, 4) is 11.6 Å². The zero-order valence-electron chi connectivity index (χ0n) is 11.5. The van der Waals surface area contributed by atoms with E-state index in [4.69, 9.17) is 27.6 Å². The second-order valence-electron chi connectivity index (χ2n) is 4.41. The Morgan fingerprint density at radius 1 is 1.30 bits per heavy atom. The van der Waals surface area contributed by atoms with Crippen LogP contribution in [0.4, 0.5) is 5.69 Å². The van der Waals surface area contributed by atoms with Crippen LogP contribution in [0.2, 0.25) is 10.0 Å². The zero-order valence-corrected chi connectivity index (χ0v) is 13.9. The van der Waals surface area contributed by atoms with Gasteiger partial charge in [0, 0.05) is 5.69 Å². The van der Waals surface area contributed by atoms with Gasteiger partial charge in [0.15, 0.2) is 11.6 Å². The summed E-state index contributed by atoms with van der Waals surface area (Å²) >= 11 is 12.9. The summed E-state index contributed by atoms with van der Waals surface area (Å²) in [6, 6.07) is 8.42. The van der Waals surface area contributed by atoms with Gasteiger partial charge in [-0.3, -0.25) is 9.89 Å². The Morgan fingerprint density at radius 3 is 2.91 bits per heavy atom. The molecule has 0 aliphatic carbocycles. The maximum absolute atomic E-state index is 11.9. The molecule has 9 heteroatoms. The molecular weight excluding hydrogens is 359 g/mol. The SMILES string of the molecule is O=C(CSc1n[nH]c(-c2ccco2)n1)Nc1ccc(Cl)c(Cl)c1. The molecule has 0 fully saturated rings. The minimum Gasteiger partial charge on any atom is -0.461 e. The summed E-state index contributed by atoms with van der Waals surface area (Å²) in [4.78, 5) is 16.2. The Bertz CT molecular complexity index is 820. The van der Waals surface area contributed by atoms with E-state index >= 15 is 0 Å². The lowest BCUT2D eigenvalue weighted by molar-refractivity contribution is -0.113. The lowest BCUT2D eigenvalue weighted by Crippen LogP contribution is -2.14. The quantitative estimate of drug-likeness (QED) is 0.662. The van der Waals surface area contributed by atoms with Gasteiger partial charge >= 0.3 is 0 Å². The van der Waals surface area contributed by atoms with E-state index in [9.17, 15) is 4.79 Å². The molecule has 2 N–H and O–H groups in total. The second-order valence-corrected chi connectivity index (χ2v) is 6.17. The first kappa shape index (κ1) is 15.9. The smallest absolute Gasteiger partial charge is 0.234 e.